The van der Waals surface area contributed by atoms with Gasteiger partial charge >= 0.3 is 0 Å². The molecule has 0 bridgehead atoms. The number of nitrogens with one attached hydrogen (secondary N) is 2. The van der Waals surface area contributed by atoms with Crippen molar-refractivity contribution >= 4 is 12.2 Å². The molecule has 0 amide bonds. The lowest BCUT2D eigenvalue weighted by molar-refractivity contribution is 0.131. The van der Waals surface area contributed by atoms with E-state index in [0.29, 0.717) is 5.56 Å². The highest BCUT2D eigenvalue weighted by atomic mass is 16.5. The predicted molar refractivity (Wildman–Crippen MR) is 106 cm³/mol. The molecule has 0 fully saturated rings. The normalized spacial score (nSPS) is 11.5. The molecule has 0 saturated carbocycles. The number of hydrogen-bond acceptors (Lipinski definition) is 6. The van der Waals surface area contributed by atoms with Crippen molar-refractivity contribution in [2.75, 3.05) is 5.43 Å². The summed E-state index contributed by atoms with van der Waals surface area (Å²) >= 11 is 0. The number of aromatic amines is 1. The van der Waals surface area contributed by atoms with Gasteiger partial charge in [0.15, 0.2) is 5.69 Å². The van der Waals surface area contributed by atoms with Crippen LogP contribution < -0.4 is 15.7 Å². The van der Waals surface area contributed by atoms with Crippen LogP contribution in [0.2, 0.25) is 0 Å². The summed E-state index contributed by atoms with van der Waals surface area (Å²) in [6.07, 6.45) is 1.62. The summed E-state index contributed by atoms with van der Waals surface area (Å²) in [6, 6.07) is 16.7. The monoisotopic (exact) mass is 363 g/mol. The second kappa shape index (κ2) is 7.82. The number of nitrogens with zero attached hydrogens (tertiary/aromatic N) is 3. The quantitative estimate of drug-likeness (QED) is 0.535. The van der Waals surface area contributed by atoms with Gasteiger partial charge in [-0.05, 0) is 50.6 Å². The fourth-order valence-corrected chi connectivity index (χ4v) is 2.32. The molecule has 138 valence electrons. The maximum absolute atomic E-state index is 12.2. The van der Waals surface area contributed by atoms with Crippen LogP contribution in [0.5, 0.6) is 5.75 Å². The number of aromatic nitrogens is 3. The Morgan fingerprint density at radius 3 is 2.37 bits per heavy atom. The largest absolute Gasteiger partial charge is 0.488 e. The van der Waals surface area contributed by atoms with Gasteiger partial charge in [0.2, 0.25) is 5.95 Å². The van der Waals surface area contributed by atoms with Crippen molar-refractivity contribution < 1.29 is 4.74 Å². The molecule has 2 aromatic carbocycles. The van der Waals surface area contributed by atoms with Gasteiger partial charge in [-0.25, -0.2) is 5.43 Å². The Morgan fingerprint density at radius 1 is 1.04 bits per heavy atom. The van der Waals surface area contributed by atoms with Crippen molar-refractivity contribution in [2.24, 2.45) is 5.10 Å². The Morgan fingerprint density at radius 2 is 1.74 bits per heavy atom. The van der Waals surface area contributed by atoms with Gasteiger partial charge in [-0.2, -0.15) is 5.10 Å². The summed E-state index contributed by atoms with van der Waals surface area (Å²) in [5, 5.41) is 12.0. The van der Waals surface area contributed by atoms with Crippen LogP contribution in [0.25, 0.3) is 11.3 Å². The molecule has 0 atom stereocenters. The van der Waals surface area contributed by atoms with Crippen LogP contribution in [-0.2, 0) is 0 Å². The Labute approximate surface area is 157 Å². The minimum Gasteiger partial charge on any atom is -0.488 e. The first-order valence-corrected chi connectivity index (χ1v) is 8.51. The van der Waals surface area contributed by atoms with Crippen LogP contribution in [0.3, 0.4) is 0 Å². The van der Waals surface area contributed by atoms with Crippen LogP contribution in [0, 0.1) is 0 Å². The van der Waals surface area contributed by atoms with E-state index in [4.69, 9.17) is 4.74 Å². The first-order chi connectivity index (χ1) is 12.9. The minimum atomic E-state index is -0.336. The van der Waals surface area contributed by atoms with Crippen LogP contribution in [-0.4, -0.2) is 27.0 Å². The number of hydrazone groups is 1. The van der Waals surface area contributed by atoms with Crippen LogP contribution in [0.4, 0.5) is 5.95 Å². The topological polar surface area (TPSA) is 92.3 Å². The maximum atomic E-state index is 12.2. The van der Waals surface area contributed by atoms with Gasteiger partial charge in [-0.3, -0.25) is 9.78 Å². The van der Waals surface area contributed by atoms with Crippen molar-refractivity contribution in [3.05, 3.63) is 70.5 Å². The zero-order chi connectivity index (χ0) is 19.3. The summed E-state index contributed by atoms with van der Waals surface area (Å²) in [4.78, 5) is 14.8. The summed E-state index contributed by atoms with van der Waals surface area (Å²) in [7, 11) is 0. The van der Waals surface area contributed by atoms with Gasteiger partial charge in [-0.1, -0.05) is 30.3 Å². The number of ether oxygens (including phenoxy) is 1. The molecule has 3 aromatic rings. The number of rotatable bonds is 5. The van der Waals surface area contributed by atoms with Gasteiger partial charge in [0.05, 0.1) is 6.21 Å². The molecule has 0 aliphatic rings. The van der Waals surface area contributed by atoms with Crippen LogP contribution in [0.15, 0.2) is 64.5 Å². The third kappa shape index (κ3) is 5.24. The lowest BCUT2D eigenvalue weighted by Crippen LogP contribution is -2.22. The van der Waals surface area contributed by atoms with Crippen molar-refractivity contribution in [2.45, 2.75) is 26.4 Å². The molecule has 3 rings (SSSR count). The Hall–Kier alpha value is -3.48. The van der Waals surface area contributed by atoms with E-state index in [1.165, 1.54) is 0 Å². The average molecular weight is 363 g/mol. The van der Waals surface area contributed by atoms with Crippen molar-refractivity contribution in [3.63, 3.8) is 0 Å². The van der Waals surface area contributed by atoms with Crippen LogP contribution >= 0.6 is 0 Å². The molecule has 0 spiro atoms. The highest BCUT2D eigenvalue weighted by molar-refractivity contribution is 5.80. The number of H-pyrrole nitrogens is 1. The van der Waals surface area contributed by atoms with E-state index in [2.05, 4.69) is 25.7 Å². The standard InChI is InChI=1S/C20H21N5O2/c1-20(2,3)27-16-11-9-14(10-12-16)13-21-24-19-22-18(26)17(23-25-19)15-7-5-4-6-8-15/h4-13H,1-3H3,(H2,22,24,25,26)/b21-13+. The van der Waals surface area contributed by atoms with E-state index in [1.807, 2.05) is 63.2 Å². The molecule has 7 nitrogen and oxygen atoms in total. The van der Waals surface area contributed by atoms with Gasteiger partial charge in [-0.15, -0.1) is 10.2 Å². The Kier molecular flexibility index (Phi) is 5.30. The molecular formula is C20H21N5O2. The molecule has 1 heterocycles. The highest BCUT2D eigenvalue weighted by Gasteiger charge is 2.11. The Bertz CT molecular complexity index is 974. The number of benzene rings is 2. The lowest BCUT2D eigenvalue weighted by Gasteiger charge is -2.21. The van der Waals surface area contributed by atoms with E-state index in [0.717, 1.165) is 11.3 Å². The molecule has 0 aliphatic heterocycles. The van der Waals surface area contributed by atoms with Crippen molar-refractivity contribution in [1.82, 2.24) is 15.2 Å². The average Bonchev–Trinajstić information content (AvgIpc) is 2.63. The SMILES string of the molecule is CC(C)(C)Oc1ccc(/C=N/Nc2nnc(-c3ccccc3)c(=O)[nH]2)cc1. The van der Waals surface area contributed by atoms with Gasteiger partial charge < -0.3 is 4.74 Å². The van der Waals surface area contributed by atoms with E-state index in [1.54, 1.807) is 18.3 Å². The van der Waals surface area contributed by atoms with Crippen molar-refractivity contribution in [1.29, 1.82) is 0 Å². The van der Waals surface area contributed by atoms with Gasteiger partial charge in [0.25, 0.3) is 5.56 Å². The predicted octanol–water partition coefficient (Wildman–Crippen LogP) is 3.46. The summed E-state index contributed by atoms with van der Waals surface area (Å²) < 4.78 is 5.77. The fourth-order valence-electron chi connectivity index (χ4n) is 2.32. The smallest absolute Gasteiger partial charge is 0.279 e. The maximum Gasteiger partial charge on any atom is 0.279 e. The van der Waals surface area contributed by atoms with E-state index >= 15 is 0 Å². The summed E-state index contributed by atoms with van der Waals surface area (Å²) in [5.41, 5.74) is 3.94. The number of anilines is 1. The van der Waals surface area contributed by atoms with E-state index in [-0.39, 0.29) is 22.8 Å². The fraction of sp³-hybridized carbons (Fsp3) is 0.200. The van der Waals surface area contributed by atoms with E-state index in [9.17, 15) is 4.79 Å². The molecule has 0 unspecified atom stereocenters. The lowest BCUT2D eigenvalue weighted by atomic mass is 10.2. The van der Waals surface area contributed by atoms with Crippen LogP contribution in [0.1, 0.15) is 26.3 Å². The minimum absolute atomic E-state index is 0.170. The Balaban J connectivity index is 1.65. The van der Waals surface area contributed by atoms with Gasteiger partial charge in [0.1, 0.15) is 11.4 Å². The summed E-state index contributed by atoms with van der Waals surface area (Å²) in [5.74, 6) is 0.961. The highest BCUT2D eigenvalue weighted by Crippen LogP contribution is 2.18. The molecule has 7 heteroatoms. The molecule has 2 N–H and O–H groups in total. The zero-order valence-electron chi connectivity index (χ0n) is 15.4. The van der Waals surface area contributed by atoms with E-state index < -0.39 is 0 Å². The van der Waals surface area contributed by atoms with Crippen molar-refractivity contribution in [3.8, 4) is 17.0 Å². The molecule has 27 heavy (non-hydrogen) atoms. The number of hydrogen-bond donors (Lipinski definition) is 2. The zero-order valence-corrected chi connectivity index (χ0v) is 15.4. The van der Waals surface area contributed by atoms with Gasteiger partial charge in [0, 0.05) is 5.56 Å². The first-order valence-electron chi connectivity index (χ1n) is 8.51. The second-order valence-corrected chi connectivity index (χ2v) is 6.87. The molecule has 1 aromatic heterocycles. The third-order valence-electron chi connectivity index (χ3n) is 3.43. The molecule has 0 saturated heterocycles. The first kappa shape index (κ1) is 18.3. The molecule has 0 radical (unpaired) electrons. The third-order valence-corrected chi connectivity index (χ3v) is 3.43. The second-order valence-electron chi connectivity index (χ2n) is 6.87. The molecule has 0 aliphatic carbocycles. The molecular weight excluding hydrogens is 342 g/mol. The summed E-state index contributed by atoms with van der Waals surface area (Å²) in [6.45, 7) is 5.99.